The normalized spacial score (nSPS) is 10.2. The van der Waals surface area contributed by atoms with Gasteiger partial charge in [0.05, 0.1) is 10.6 Å². The van der Waals surface area contributed by atoms with Gasteiger partial charge in [0.1, 0.15) is 5.82 Å². The fourth-order valence-corrected chi connectivity index (χ4v) is 2.38. The van der Waals surface area contributed by atoms with Crippen LogP contribution in [0.1, 0.15) is 10.4 Å². The number of carbonyl (C=O) groups is 2. The maximum atomic E-state index is 13.0. The predicted octanol–water partition coefficient (Wildman–Crippen LogP) is 4.00. The summed E-state index contributed by atoms with van der Waals surface area (Å²) in [5.74, 6) is -1.85. The number of carbonyl (C=O) groups excluding carboxylic acids is 2. The summed E-state index contributed by atoms with van der Waals surface area (Å²) in [5, 5.41) is 2.45. The molecule has 0 atom stereocenters. The van der Waals surface area contributed by atoms with Crippen molar-refractivity contribution >= 4 is 40.9 Å². The molecule has 0 aromatic heterocycles. The smallest absolute Gasteiger partial charge is 0.338 e. The number of amides is 1. The highest BCUT2D eigenvalue weighted by Crippen LogP contribution is 2.19. The van der Waals surface area contributed by atoms with E-state index in [2.05, 4.69) is 5.32 Å². The average molecular weight is 354 g/mol. The van der Waals surface area contributed by atoms with Crippen molar-refractivity contribution in [2.24, 2.45) is 0 Å². The third-order valence-corrected chi connectivity index (χ3v) is 3.86. The van der Waals surface area contributed by atoms with Gasteiger partial charge in [-0.15, -0.1) is 11.8 Å². The van der Waals surface area contributed by atoms with Gasteiger partial charge >= 0.3 is 5.97 Å². The molecule has 7 heteroatoms. The molecular weight excluding hydrogens is 341 g/mol. The van der Waals surface area contributed by atoms with E-state index < -0.39 is 24.3 Å². The number of anilines is 1. The number of esters is 1. The first kappa shape index (κ1) is 17.3. The SMILES string of the molecule is CSc1cccc(NC(=O)COC(=O)c2ccc(F)c(Cl)c2)c1. The van der Waals surface area contributed by atoms with E-state index in [1.807, 2.05) is 24.5 Å². The average Bonchev–Trinajstić information content (AvgIpc) is 2.55. The molecule has 0 bridgehead atoms. The molecule has 0 saturated carbocycles. The quantitative estimate of drug-likeness (QED) is 0.652. The molecule has 0 radical (unpaired) electrons. The molecule has 2 aromatic rings. The summed E-state index contributed by atoms with van der Waals surface area (Å²) in [5.41, 5.74) is 0.691. The van der Waals surface area contributed by atoms with Gasteiger partial charge in [-0.2, -0.15) is 0 Å². The Morgan fingerprint density at radius 3 is 2.74 bits per heavy atom. The van der Waals surface area contributed by atoms with Gasteiger partial charge in [-0.3, -0.25) is 4.79 Å². The lowest BCUT2D eigenvalue weighted by atomic mass is 10.2. The Kier molecular flexibility index (Phi) is 6.01. The second-order valence-electron chi connectivity index (χ2n) is 4.49. The maximum Gasteiger partial charge on any atom is 0.338 e. The van der Waals surface area contributed by atoms with E-state index in [1.165, 1.54) is 6.07 Å². The number of nitrogens with one attached hydrogen (secondary N) is 1. The minimum Gasteiger partial charge on any atom is -0.452 e. The predicted molar refractivity (Wildman–Crippen MR) is 88.5 cm³/mol. The van der Waals surface area contributed by atoms with E-state index in [4.69, 9.17) is 16.3 Å². The molecule has 120 valence electrons. The van der Waals surface area contributed by atoms with Gasteiger partial charge in [0, 0.05) is 10.6 Å². The molecule has 23 heavy (non-hydrogen) atoms. The third-order valence-electron chi connectivity index (χ3n) is 2.84. The zero-order valence-electron chi connectivity index (χ0n) is 12.1. The largest absolute Gasteiger partial charge is 0.452 e. The zero-order valence-corrected chi connectivity index (χ0v) is 13.7. The molecular formula is C16H13ClFNO3S. The van der Waals surface area contributed by atoms with Crippen LogP contribution in [0.25, 0.3) is 0 Å². The second-order valence-corrected chi connectivity index (χ2v) is 5.77. The molecule has 1 N–H and O–H groups in total. The first-order valence-electron chi connectivity index (χ1n) is 6.55. The molecule has 0 spiro atoms. The Labute approximate surface area is 142 Å². The van der Waals surface area contributed by atoms with Gasteiger partial charge in [0.15, 0.2) is 6.61 Å². The van der Waals surface area contributed by atoms with Crippen molar-refractivity contribution in [3.05, 3.63) is 58.9 Å². The summed E-state index contributed by atoms with van der Waals surface area (Å²) in [6.07, 6.45) is 1.93. The molecule has 0 aliphatic heterocycles. The van der Waals surface area contributed by atoms with Crippen molar-refractivity contribution in [1.82, 2.24) is 0 Å². The van der Waals surface area contributed by atoms with Gasteiger partial charge in [0.2, 0.25) is 0 Å². The molecule has 0 heterocycles. The summed E-state index contributed by atoms with van der Waals surface area (Å²) in [6.45, 7) is -0.447. The monoisotopic (exact) mass is 353 g/mol. The van der Waals surface area contributed by atoms with Crippen LogP contribution in [-0.2, 0) is 9.53 Å². The van der Waals surface area contributed by atoms with Crippen LogP contribution < -0.4 is 5.32 Å². The van der Waals surface area contributed by atoms with Crippen molar-refractivity contribution in [3.63, 3.8) is 0 Å². The van der Waals surface area contributed by atoms with Crippen LogP contribution in [0.3, 0.4) is 0 Å². The van der Waals surface area contributed by atoms with Crippen LogP contribution >= 0.6 is 23.4 Å². The molecule has 2 rings (SSSR count). The minimum atomic E-state index is -0.750. The van der Waals surface area contributed by atoms with Crippen LogP contribution in [0.15, 0.2) is 47.4 Å². The van der Waals surface area contributed by atoms with Crippen LogP contribution in [-0.4, -0.2) is 24.7 Å². The molecule has 2 aromatic carbocycles. The molecule has 1 amide bonds. The molecule has 4 nitrogen and oxygen atoms in total. The van der Waals surface area contributed by atoms with Crippen molar-refractivity contribution in [1.29, 1.82) is 0 Å². The van der Waals surface area contributed by atoms with Gasteiger partial charge in [0.25, 0.3) is 5.91 Å². The fourth-order valence-electron chi connectivity index (χ4n) is 1.74. The lowest BCUT2D eigenvalue weighted by Gasteiger charge is -2.08. The molecule has 0 aliphatic carbocycles. The van der Waals surface area contributed by atoms with Gasteiger partial charge in [-0.05, 0) is 42.7 Å². The Morgan fingerprint density at radius 2 is 2.04 bits per heavy atom. The van der Waals surface area contributed by atoms with Crippen molar-refractivity contribution in [2.45, 2.75) is 4.90 Å². The standard InChI is InChI=1S/C16H13ClFNO3S/c1-23-12-4-2-3-11(8-12)19-15(20)9-22-16(21)10-5-6-14(18)13(17)7-10/h2-8H,9H2,1H3,(H,19,20). The first-order valence-corrected chi connectivity index (χ1v) is 8.16. The van der Waals surface area contributed by atoms with E-state index in [0.717, 1.165) is 17.0 Å². The molecule has 0 aliphatic rings. The molecule has 0 fully saturated rings. The highest BCUT2D eigenvalue weighted by atomic mass is 35.5. The van der Waals surface area contributed by atoms with Gasteiger partial charge < -0.3 is 10.1 Å². The van der Waals surface area contributed by atoms with E-state index in [0.29, 0.717) is 5.69 Å². The number of benzene rings is 2. The molecule has 0 saturated heterocycles. The Morgan fingerprint density at radius 1 is 1.26 bits per heavy atom. The summed E-state index contributed by atoms with van der Waals surface area (Å²) >= 11 is 7.14. The number of thioether (sulfide) groups is 1. The topological polar surface area (TPSA) is 55.4 Å². The summed E-state index contributed by atoms with van der Waals surface area (Å²) < 4.78 is 17.9. The molecule has 0 unspecified atom stereocenters. The summed E-state index contributed by atoms with van der Waals surface area (Å²) in [4.78, 5) is 24.6. The second kappa shape index (κ2) is 7.99. The Balaban J connectivity index is 1.90. The summed E-state index contributed by atoms with van der Waals surface area (Å²) in [6, 6.07) is 10.7. The van der Waals surface area contributed by atoms with Crippen molar-refractivity contribution < 1.29 is 18.7 Å². The van der Waals surface area contributed by atoms with Crippen LogP contribution in [0, 0.1) is 5.82 Å². The number of hydrogen-bond donors (Lipinski definition) is 1. The van der Waals surface area contributed by atoms with E-state index in [1.54, 1.807) is 17.8 Å². The Hall–Kier alpha value is -2.05. The fraction of sp³-hybridized carbons (Fsp3) is 0.125. The van der Waals surface area contributed by atoms with Crippen molar-refractivity contribution in [3.8, 4) is 0 Å². The highest BCUT2D eigenvalue weighted by molar-refractivity contribution is 7.98. The number of halogens is 2. The van der Waals surface area contributed by atoms with Crippen molar-refractivity contribution in [2.75, 3.05) is 18.2 Å². The highest BCUT2D eigenvalue weighted by Gasteiger charge is 2.12. The van der Waals surface area contributed by atoms with Crippen LogP contribution in [0.2, 0.25) is 5.02 Å². The number of hydrogen-bond acceptors (Lipinski definition) is 4. The van der Waals surface area contributed by atoms with Crippen LogP contribution in [0.5, 0.6) is 0 Å². The van der Waals surface area contributed by atoms with E-state index >= 15 is 0 Å². The number of ether oxygens (including phenoxy) is 1. The summed E-state index contributed by atoms with van der Waals surface area (Å²) in [7, 11) is 0. The minimum absolute atomic E-state index is 0.0774. The van der Waals surface area contributed by atoms with Gasteiger partial charge in [-0.1, -0.05) is 17.7 Å². The lowest BCUT2D eigenvalue weighted by molar-refractivity contribution is -0.119. The zero-order chi connectivity index (χ0) is 16.8. The third kappa shape index (κ3) is 4.97. The Bertz CT molecular complexity index is 739. The number of rotatable bonds is 5. The lowest BCUT2D eigenvalue weighted by Crippen LogP contribution is -2.21. The maximum absolute atomic E-state index is 13.0. The van der Waals surface area contributed by atoms with E-state index in [-0.39, 0.29) is 10.6 Å². The van der Waals surface area contributed by atoms with Gasteiger partial charge in [-0.25, -0.2) is 9.18 Å². The first-order chi connectivity index (χ1) is 11.0. The van der Waals surface area contributed by atoms with Crippen LogP contribution in [0.4, 0.5) is 10.1 Å². The van der Waals surface area contributed by atoms with E-state index in [9.17, 15) is 14.0 Å².